The van der Waals surface area contributed by atoms with Gasteiger partial charge < -0.3 is 5.32 Å². The zero-order valence-corrected chi connectivity index (χ0v) is 10.4. The molecule has 0 aromatic rings. The second kappa shape index (κ2) is 5.10. The van der Waals surface area contributed by atoms with Crippen molar-refractivity contribution < 1.29 is 13.2 Å². The van der Waals surface area contributed by atoms with Crippen LogP contribution in [0.5, 0.6) is 0 Å². The van der Waals surface area contributed by atoms with Gasteiger partial charge in [0.05, 0.1) is 0 Å². The predicted molar refractivity (Wildman–Crippen MR) is 62.1 cm³/mol. The molecule has 0 saturated heterocycles. The topological polar surface area (TPSA) is 35.9 Å². The first-order chi connectivity index (χ1) is 7.73. The van der Waals surface area contributed by atoms with E-state index < -0.39 is 11.9 Å². The van der Waals surface area contributed by atoms with E-state index in [1.165, 1.54) is 6.92 Å². The summed E-state index contributed by atoms with van der Waals surface area (Å²) in [7, 11) is 0. The van der Waals surface area contributed by atoms with Crippen molar-refractivity contribution >= 4 is 5.71 Å². The van der Waals surface area contributed by atoms with Crippen LogP contribution in [-0.4, -0.2) is 17.9 Å². The lowest BCUT2D eigenvalue weighted by Crippen LogP contribution is -2.38. The van der Waals surface area contributed by atoms with Gasteiger partial charge in [-0.1, -0.05) is 13.8 Å². The van der Waals surface area contributed by atoms with E-state index in [2.05, 4.69) is 5.32 Å². The van der Waals surface area contributed by atoms with Gasteiger partial charge >= 0.3 is 6.18 Å². The molecule has 0 atom stereocenters. The Morgan fingerprint density at radius 2 is 1.82 bits per heavy atom. The van der Waals surface area contributed by atoms with Crippen LogP contribution >= 0.6 is 0 Å². The van der Waals surface area contributed by atoms with E-state index in [1.54, 1.807) is 0 Å². The van der Waals surface area contributed by atoms with E-state index in [9.17, 15) is 13.2 Å². The first-order valence-electron chi connectivity index (χ1n) is 5.87. The highest BCUT2D eigenvalue weighted by Gasteiger charge is 2.36. The molecular formula is C12H19F3N2. The van der Waals surface area contributed by atoms with Crippen molar-refractivity contribution in [2.45, 2.75) is 52.3 Å². The van der Waals surface area contributed by atoms with Gasteiger partial charge in [-0.15, -0.1) is 0 Å². The van der Waals surface area contributed by atoms with E-state index in [1.807, 2.05) is 13.8 Å². The van der Waals surface area contributed by atoms with Gasteiger partial charge in [0, 0.05) is 11.7 Å². The summed E-state index contributed by atoms with van der Waals surface area (Å²) in [6.45, 7) is 5.05. The van der Waals surface area contributed by atoms with Gasteiger partial charge in [0.1, 0.15) is 5.71 Å². The summed E-state index contributed by atoms with van der Waals surface area (Å²) in [6, 6.07) is 0.281. The zero-order valence-electron chi connectivity index (χ0n) is 10.4. The molecule has 0 aromatic carbocycles. The Morgan fingerprint density at radius 1 is 1.29 bits per heavy atom. The van der Waals surface area contributed by atoms with E-state index in [-0.39, 0.29) is 17.5 Å². The normalized spacial score (nSPS) is 18.8. The van der Waals surface area contributed by atoms with Crippen molar-refractivity contribution in [2.75, 3.05) is 0 Å². The van der Waals surface area contributed by atoms with Gasteiger partial charge in [0.2, 0.25) is 0 Å². The van der Waals surface area contributed by atoms with E-state index in [4.69, 9.17) is 5.41 Å². The molecule has 0 amide bonds. The van der Waals surface area contributed by atoms with Crippen LogP contribution in [0.3, 0.4) is 0 Å². The van der Waals surface area contributed by atoms with Crippen molar-refractivity contribution in [3.63, 3.8) is 0 Å². The molecule has 5 heteroatoms. The highest BCUT2D eigenvalue weighted by Crippen LogP contribution is 2.27. The highest BCUT2D eigenvalue weighted by atomic mass is 19.4. The number of allylic oxidation sites excluding steroid dienone is 2. The Balaban J connectivity index is 2.88. The maximum Gasteiger partial charge on any atom is 0.432 e. The summed E-state index contributed by atoms with van der Waals surface area (Å²) in [6.07, 6.45) is -1.43. The SMILES string of the molecule is C/C(C(=N)C(F)(F)F)=C(/NC1CCC1)C(C)C. The number of halogens is 3. The van der Waals surface area contributed by atoms with Crippen molar-refractivity contribution in [1.29, 1.82) is 5.41 Å². The summed E-state index contributed by atoms with van der Waals surface area (Å²) >= 11 is 0. The minimum absolute atomic E-state index is 0.0133. The second-order valence-corrected chi connectivity index (χ2v) is 4.84. The number of nitrogens with one attached hydrogen (secondary N) is 2. The van der Waals surface area contributed by atoms with Gasteiger partial charge in [-0.25, -0.2) is 0 Å². The standard InChI is InChI=1S/C12H19F3N2/c1-7(2)10(17-9-5-4-6-9)8(3)11(16)12(13,14)15/h7,9,16-17H,4-6H2,1-3H3/b10-8-,16-11?. The third-order valence-corrected chi connectivity index (χ3v) is 3.10. The fourth-order valence-corrected chi connectivity index (χ4v) is 1.83. The molecule has 2 N–H and O–H groups in total. The molecule has 1 fully saturated rings. The number of hydrogen-bond acceptors (Lipinski definition) is 2. The van der Waals surface area contributed by atoms with Gasteiger partial charge in [-0.3, -0.25) is 5.41 Å². The maximum absolute atomic E-state index is 12.5. The summed E-state index contributed by atoms with van der Waals surface area (Å²) in [5.41, 5.74) is -0.676. The quantitative estimate of drug-likeness (QED) is 0.732. The molecule has 0 unspecified atom stereocenters. The van der Waals surface area contributed by atoms with Crippen LogP contribution in [0.25, 0.3) is 0 Å². The van der Waals surface area contributed by atoms with Crippen LogP contribution in [0.4, 0.5) is 13.2 Å². The monoisotopic (exact) mass is 248 g/mol. The molecule has 0 aromatic heterocycles. The number of alkyl halides is 3. The fraction of sp³-hybridized carbons (Fsp3) is 0.750. The average molecular weight is 248 g/mol. The first-order valence-corrected chi connectivity index (χ1v) is 5.87. The molecular weight excluding hydrogens is 229 g/mol. The fourth-order valence-electron chi connectivity index (χ4n) is 1.83. The molecule has 1 aliphatic rings. The van der Waals surface area contributed by atoms with Crippen LogP contribution in [0.2, 0.25) is 0 Å². The minimum atomic E-state index is -4.56. The molecule has 0 aliphatic heterocycles. The zero-order chi connectivity index (χ0) is 13.2. The lowest BCUT2D eigenvalue weighted by atomic mass is 9.91. The van der Waals surface area contributed by atoms with Crippen molar-refractivity contribution in [2.24, 2.45) is 5.92 Å². The van der Waals surface area contributed by atoms with Crippen LogP contribution in [0.1, 0.15) is 40.0 Å². The molecule has 2 nitrogen and oxygen atoms in total. The molecule has 98 valence electrons. The molecule has 1 aliphatic carbocycles. The first kappa shape index (κ1) is 14.1. The second-order valence-electron chi connectivity index (χ2n) is 4.84. The molecule has 0 heterocycles. The average Bonchev–Trinajstić information content (AvgIpc) is 2.11. The summed E-state index contributed by atoms with van der Waals surface area (Å²) < 4.78 is 37.4. The summed E-state index contributed by atoms with van der Waals surface area (Å²) in [5, 5.41) is 10.3. The highest BCUT2D eigenvalue weighted by molar-refractivity contribution is 6.01. The Hall–Kier alpha value is -1.00. The van der Waals surface area contributed by atoms with Crippen LogP contribution in [0.15, 0.2) is 11.3 Å². The molecule has 17 heavy (non-hydrogen) atoms. The van der Waals surface area contributed by atoms with Gasteiger partial charge in [-0.2, -0.15) is 13.2 Å². The predicted octanol–water partition coefficient (Wildman–Crippen LogP) is 3.64. The third kappa shape index (κ3) is 3.48. The third-order valence-electron chi connectivity index (χ3n) is 3.10. The van der Waals surface area contributed by atoms with Crippen LogP contribution in [0, 0.1) is 11.3 Å². The van der Waals surface area contributed by atoms with Crippen LogP contribution in [-0.2, 0) is 0 Å². The lowest BCUT2D eigenvalue weighted by molar-refractivity contribution is -0.0590. The molecule has 0 bridgehead atoms. The van der Waals surface area contributed by atoms with E-state index in [0.717, 1.165) is 19.3 Å². The Bertz CT molecular complexity index is 325. The van der Waals surface area contributed by atoms with Gasteiger partial charge in [0.25, 0.3) is 0 Å². The molecule has 1 rings (SSSR count). The summed E-state index contributed by atoms with van der Waals surface area (Å²) in [5.74, 6) is -0.0294. The largest absolute Gasteiger partial charge is 0.432 e. The molecule has 1 saturated carbocycles. The van der Waals surface area contributed by atoms with Gasteiger partial charge in [0.15, 0.2) is 0 Å². The number of rotatable bonds is 4. The lowest BCUT2D eigenvalue weighted by Gasteiger charge is -2.31. The smallest absolute Gasteiger partial charge is 0.385 e. The van der Waals surface area contributed by atoms with Crippen molar-refractivity contribution in [3.05, 3.63) is 11.3 Å². The molecule has 0 spiro atoms. The Kier molecular flexibility index (Phi) is 4.22. The van der Waals surface area contributed by atoms with Crippen LogP contribution < -0.4 is 5.32 Å². The minimum Gasteiger partial charge on any atom is -0.385 e. The van der Waals surface area contributed by atoms with E-state index >= 15 is 0 Å². The van der Waals surface area contributed by atoms with E-state index in [0.29, 0.717) is 5.70 Å². The van der Waals surface area contributed by atoms with Crippen molar-refractivity contribution in [3.8, 4) is 0 Å². The van der Waals surface area contributed by atoms with Gasteiger partial charge in [-0.05, 0) is 37.7 Å². The molecule has 0 radical (unpaired) electrons. The van der Waals surface area contributed by atoms with Crippen molar-refractivity contribution in [1.82, 2.24) is 5.32 Å². The Morgan fingerprint density at radius 3 is 2.12 bits per heavy atom. The number of hydrogen-bond donors (Lipinski definition) is 2. The Labute approximate surface area is 99.8 Å². The maximum atomic E-state index is 12.5. The summed E-state index contributed by atoms with van der Waals surface area (Å²) in [4.78, 5) is 0.